The molecule has 0 amide bonds. The Hall–Kier alpha value is -6.88. The van der Waals surface area contributed by atoms with Gasteiger partial charge in [0.25, 0.3) is 6.71 Å². The van der Waals surface area contributed by atoms with Crippen molar-refractivity contribution in [3.8, 4) is 11.1 Å². The largest absolute Gasteiger partial charge is 0.311 e. The molecule has 0 saturated heterocycles. The summed E-state index contributed by atoms with van der Waals surface area (Å²) >= 11 is 1.94. The average molecular weight is 1020 g/mol. The first-order valence-electron chi connectivity index (χ1n) is 28.9. The minimum atomic E-state index is -0.225. The van der Waals surface area contributed by atoms with E-state index >= 15 is 0 Å². The maximum atomic E-state index is 2.78. The summed E-state index contributed by atoms with van der Waals surface area (Å²) < 4.78 is 2.67. The van der Waals surface area contributed by atoms with Crippen LogP contribution in [0.4, 0.5) is 34.1 Å². The Kier molecular flexibility index (Phi) is 10.2. The Morgan fingerprint density at radius 1 is 0.481 bits per heavy atom. The molecular weight excluding hydrogens is 948 g/mol. The summed E-state index contributed by atoms with van der Waals surface area (Å²) in [5.41, 5.74) is 26.9. The number of thiophene rings is 1. The molecule has 4 heteroatoms. The van der Waals surface area contributed by atoms with Gasteiger partial charge in [-0.2, -0.15) is 0 Å². The predicted molar refractivity (Wildman–Crippen MR) is 331 cm³/mol. The molecule has 15 rings (SSSR count). The van der Waals surface area contributed by atoms with Crippen molar-refractivity contribution >= 4 is 88.7 Å². The molecule has 0 bridgehead atoms. The van der Waals surface area contributed by atoms with Crippen LogP contribution in [0.2, 0.25) is 0 Å². The molecule has 1 unspecified atom stereocenters. The first kappa shape index (κ1) is 47.3. The summed E-state index contributed by atoms with van der Waals surface area (Å²) in [6.45, 7) is 22.3. The summed E-state index contributed by atoms with van der Waals surface area (Å²) in [5.74, 6) is 1.02. The van der Waals surface area contributed by atoms with Gasteiger partial charge >= 0.3 is 0 Å². The number of rotatable bonds is 4. The Morgan fingerprint density at radius 3 is 1.87 bits per heavy atom. The number of anilines is 6. The number of nitrogens with zero attached hydrogens (tertiary/aromatic N) is 2. The van der Waals surface area contributed by atoms with Crippen molar-refractivity contribution in [2.75, 3.05) is 9.80 Å². The van der Waals surface area contributed by atoms with Crippen LogP contribution in [0.3, 0.4) is 0 Å². The summed E-state index contributed by atoms with van der Waals surface area (Å²) in [6.07, 6.45) is 12.4. The van der Waals surface area contributed by atoms with Gasteiger partial charge in [0.05, 0.1) is 5.69 Å². The van der Waals surface area contributed by atoms with Crippen LogP contribution in [-0.4, -0.2) is 6.71 Å². The van der Waals surface area contributed by atoms with Crippen molar-refractivity contribution in [1.29, 1.82) is 0 Å². The zero-order chi connectivity index (χ0) is 52.5. The summed E-state index contributed by atoms with van der Waals surface area (Å²) in [5, 5.41) is 2.69. The smallest absolute Gasteiger partial charge is 0.252 e. The average Bonchev–Trinajstić information content (AvgIpc) is 3.99. The molecule has 9 aromatic rings. The zero-order valence-corrected chi connectivity index (χ0v) is 47.3. The standard InChI is InChI=1S/C73H69BN2S/c1-44-32-34-54-56(36-44)72(6,7)55-35-33-48(39-57(55)73(54,8)9)75-63-42-59-58(70(2,3)52-28-18-19-29-53(52)71(59,4)5)41-61(63)74-60-40-51-50-27-17-21-31-67(50)77-68(51)43-64(60)76(62-30-20-16-26-49(62)46-24-14-11-15-25-46)66-38-47(37-65(75)69(66)74)45-22-12-10-13-23-45/h11,14-21,24-35,37-45H,10,12-13,22-23,36H2,1-9H3. The second-order valence-corrected chi connectivity index (χ2v) is 27.0. The number of para-hydroxylation sites is 1. The van der Waals surface area contributed by atoms with Crippen LogP contribution < -0.4 is 26.2 Å². The maximum Gasteiger partial charge on any atom is 0.252 e. The Balaban J connectivity index is 1.08. The van der Waals surface area contributed by atoms with Crippen LogP contribution in [0.25, 0.3) is 31.3 Å². The fraction of sp³-hybridized carbons (Fsp3) is 0.288. The van der Waals surface area contributed by atoms with Gasteiger partial charge in [0, 0.05) is 70.4 Å². The molecule has 0 radical (unpaired) electrons. The lowest BCUT2D eigenvalue weighted by molar-refractivity contribution is 0.444. The van der Waals surface area contributed by atoms with Crippen molar-refractivity contribution < 1.29 is 0 Å². The molecule has 1 aromatic heterocycles. The first-order valence-corrected chi connectivity index (χ1v) is 29.7. The van der Waals surface area contributed by atoms with E-state index in [-0.39, 0.29) is 28.4 Å². The minimum Gasteiger partial charge on any atom is -0.311 e. The number of benzene rings is 8. The van der Waals surface area contributed by atoms with E-state index in [4.69, 9.17) is 0 Å². The lowest BCUT2D eigenvalue weighted by Crippen LogP contribution is -2.62. The van der Waals surface area contributed by atoms with Crippen molar-refractivity contribution in [3.05, 3.63) is 220 Å². The number of fused-ring (bicyclic) bond motifs is 10. The monoisotopic (exact) mass is 1020 g/mol. The van der Waals surface area contributed by atoms with E-state index < -0.39 is 0 Å². The molecule has 0 N–H and O–H groups in total. The third-order valence-electron chi connectivity index (χ3n) is 20.1. The van der Waals surface area contributed by atoms with Gasteiger partial charge in [0.15, 0.2) is 0 Å². The second-order valence-electron chi connectivity index (χ2n) is 26.0. The number of hydrogen-bond acceptors (Lipinski definition) is 3. The molecule has 1 fully saturated rings. The summed E-state index contributed by atoms with van der Waals surface area (Å²) in [4.78, 5) is 5.49. The Labute approximate surface area is 461 Å². The summed E-state index contributed by atoms with van der Waals surface area (Å²) in [7, 11) is 0. The molecule has 77 heavy (non-hydrogen) atoms. The van der Waals surface area contributed by atoms with Crippen LogP contribution in [0.5, 0.6) is 0 Å². The maximum absolute atomic E-state index is 2.78. The van der Waals surface area contributed by atoms with Gasteiger partial charge in [-0.3, -0.25) is 0 Å². The molecular formula is C73H69BN2S. The van der Waals surface area contributed by atoms with E-state index in [9.17, 15) is 0 Å². The molecule has 4 aliphatic carbocycles. The van der Waals surface area contributed by atoms with Gasteiger partial charge in [-0.1, -0.05) is 208 Å². The fourth-order valence-corrected chi connectivity index (χ4v) is 17.1. The normalized spacial score (nSPS) is 20.0. The lowest BCUT2D eigenvalue weighted by Gasteiger charge is -2.49. The SMILES string of the molecule is CC1C=CC2=C(C1)C(C)(C)c1ccc(N3c4cc5c(cc4B4c6cc7c(cc6N(c6ccccc6-c6ccccc6)c6cc(C8CCCCC8)cc3c64)sc3ccccc37)C(C)(C)c3ccccc3C5(C)C)cc1C2(C)C. The molecule has 8 aromatic carbocycles. The molecule has 6 aliphatic rings. The predicted octanol–water partition coefficient (Wildman–Crippen LogP) is 18.3. The topological polar surface area (TPSA) is 6.48 Å². The van der Waals surface area contributed by atoms with E-state index in [2.05, 4.69) is 242 Å². The van der Waals surface area contributed by atoms with Crippen molar-refractivity contribution in [2.24, 2.45) is 5.92 Å². The highest BCUT2D eigenvalue weighted by Crippen LogP contribution is 2.57. The molecule has 1 saturated carbocycles. The molecule has 3 heterocycles. The molecule has 0 spiro atoms. The van der Waals surface area contributed by atoms with Gasteiger partial charge in [0.2, 0.25) is 0 Å². The van der Waals surface area contributed by atoms with Crippen molar-refractivity contribution in [2.45, 2.75) is 128 Å². The van der Waals surface area contributed by atoms with E-state index in [0.717, 1.165) is 6.42 Å². The Bertz CT molecular complexity index is 4040. The van der Waals surface area contributed by atoms with Crippen LogP contribution in [-0.2, 0) is 21.7 Å². The van der Waals surface area contributed by atoms with Gasteiger partial charge in [-0.25, -0.2) is 0 Å². The lowest BCUT2D eigenvalue weighted by atomic mass is 9.33. The third-order valence-corrected chi connectivity index (χ3v) is 21.3. The van der Waals surface area contributed by atoms with Gasteiger partial charge in [0.1, 0.15) is 0 Å². The highest BCUT2D eigenvalue weighted by atomic mass is 32.1. The molecule has 2 aliphatic heterocycles. The van der Waals surface area contributed by atoms with Crippen LogP contribution in [0.1, 0.15) is 146 Å². The van der Waals surface area contributed by atoms with E-state index in [1.807, 2.05) is 11.3 Å². The second kappa shape index (κ2) is 16.6. The highest BCUT2D eigenvalue weighted by molar-refractivity contribution is 7.26. The van der Waals surface area contributed by atoms with E-state index in [1.54, 1.807) is 5.57 Å². The Morgan fingerprint density at radius 2 is 1.10 bits per heavy atom. The quantitative estimate of drug-likeness (QED) is 0.162. The molecule has 2 nitrogen and oxygen atoms in total. The van der Waals surface area contributed by atoms with Gasteiger partial charge in [-0.05, 0) is 151 Å². The minimum absolute atomic E-state index is 0.0266. The summed E-state index contributed by atoms with van der Waals surface area (Å²) in [6, 6.07) is 62.4. The number of hydrogen-bond donors (Lipinski definition) is 0. The molecule has 380 valence electrons. The van der Waals surface area contributed by atoms with E-state index in [0.29, 0.717) is 11.8 Å². The van der Waals surface area contributed by atoms with Gasteiger partial charge < -0.3 is 9.80 Å². The highest BCUT2D eigenvalue weighted by Gasteiger charge is 2.50. The number of allylic oxidation sites excluding steroid dienone is 4. The van der Waals surface area contributed by atoms with Crippen molar-refractivity contribution in [1.82, 2.24) is 0 Å². The van der Waals surface area contributed by atoms with E-state index in [1.165, 1.54) is 158 Å². The van der Waals surface area contributed by atoms with Crippen molar-refractivity contribution in [3.63, 3.8) is 0 Å². The fourth-order valence-electron chi connectivity index (χ4n) is 16.0. The van der Waals surface area contributed by atoms with Gasteiger partial charge in [-0.15, -0.1) is 11.3 Å². The first-order chi connectivity index (χ1) is 37.1. The third kappa shape index (κ3) is 6.67. The van der Waals surface area contributed by atoms with Crippen LogP contribution in [0.15, 0.2) is 181 Å². The van der Waals surface area contributed by atoms with Crippen LogP contribution in [0, 0.1) is 5.92 Å². The zero-order valence-electron chi connectivity index (χ0n) is 46.4. The molecule has 1 atom stereocenters. The van der Waals surface area contributed by atoms with Crippen LogP contribution >= 0.6 is 11.3 Å².